The highest BCUT2D eigenvalue weighted by atomic mass is 32.2. The smallest absolute Gasteiger partial charge is 0.171 e. The number of allylic oxidation sites excluding steroid dienone is 3. The molecular weight excluding hydrogens is 432 g/mol. The number of nitriles is 1. The monoisotopic (exact) mass is 448 g/mol. The lowest BCUT2D eigenvalue weighted by Gasteiger charge is -2.31. The number of hydrogen-bond acceptors (Lipinski definition) is 6. The summed E-state index contributed by atoms with van der Waals surface area (Å²) in [4.78, 5) is 14.9. The largest absolute Gasteiger partial charge is 0.300 e. The molecule has 0 atom stereocenters. The lowest BCUT2D eigenvalue weighted by molar-refractivity contribution is 1.18. The number of amidine groups is 1. The summed E-state index contributed by atoms with van der Waals surface area (Å²) in [5.74, 6) is 0.486. The maximum atomic E-state index is 9.78. The van der Waals surface area contributed by atoms with Crippen molar-refractivity contribution < 1.29 is 0 Å². The molecule has 3 aromatic rings. The third-order valence-corrected chi connectivity index (χ3v) is 7.50. The van der Waals surface area contributed by atoms with E-state index < -0.39 is 0 Å². The Balaban J connectivity index is 1.39. The van der Waals surface area contributed by atoms with E-state index in [2.05, 4.69) is 87.7 Å². The van der Waals surface area contributed by atoms with Crippen LogP contribution in [0.3, 0.4) is 0 Å². The average molecular weight is 449 g/mol. The minimum atomic E-state index is 0.476. The van der Waals surface area contributed by atoms with Gasteiger partial charge in [-0.15, -0.1) is 11.3 Å². The van der Waals surface area contributed by atoms with Crippen molar-refractivity contribution in [2.75, 3.05) is 4.90 Å². The molecule has 3 aliphatic rings. The molecule has 32 heavy (non-hydrogen) atoms. The van der Waals surface area contributed by atoms with Gasteiger partial charge in [0.15, 0.2) is 5.84 Å². The summed E-state index contributed by atoms with van der Waals surface area (Å²) in [5, 5.41) is 10.9. The molecule has 0 saturated carbocycles. The van der Waals surface area contributed by atoms with Crippen LogP contribution >= 0.6 is 23.1 Å². The van der Waals surface area contributed by atoms with Gasteiger partial charge in [-0.25, -0.2) is 9.98 Å². The number of para-hydroxylation sites is 2. The molecule has 1 aromatic heterocycles. The Morgan fingerprint density at radius 2 is 1.72 bits per heavy atom. The number of hydrogen-bond donors (Lipinski definition) is 0. The standard InChI is InChI=1S/C26H16N4S2/c27-16-17(26-28-19-7-1-2-8-20(19)29-26)15-18-13-14-25(31-18)30-21-9-3-5-11-23(21)32-24-12-6-4-10-22(24)30/h1,3-15H,2H2/b17-15+. The van der Waals surface area contributed by atoms with Crippen LogP contribution in [0.5, 0.6) is 0 Å². The molecule has 0 radical (unpaired) electrons. The van der Waals surface area contributed by atoms with Gasteiger partial charge >= 0.3 is 0 Å². The van der Waals surface area contributed by atoms with Gasteiger partial charge in [-0.05, 0) is 55.0 Å². The predicted molar refractivity (Wildman–Crippen MR) is 133 cm³/mol. The van der Waals surface area contributed by atoms with Crippen molar-refractivity contribution in [1.82, 2.24) is 0 Å². The van der Waals surface area contributed by atoms with Gasteiger partial charge in [0.1, 0.15) is 11.1 Å². The highest BCUT2D eigenvalue weighted by Gasteiger charge is 2.25. The highest BCUT2D eigenvalue weighted by molar-refractivity contribution is 7.99. The average Bonchev–Trinajstić information content (AvgIpc) is 3.47. The lowest BCUT2D eigenvalue weighted by atomic mass is 10.1. The van der Waals surface area contributed by atoms with Crippen LogP contribution in [-0.2, 0) is 0 Å². The third-order valence-electron chi connectivity index (χ3n) is 5.35. The Kier molecular flexibility index (Phi) is 4.64. The number of fused-ring (bicyclic) bond motifs is 3. The van der Waals surface area contributed by atoms with Gasteiger partial charge in [-0.1, -0.05) is 48.2 Å². The van der Waals surface area contributed by atoms with E-state index in [-0.39, 0.29) is 0 Å². The summed E-state index contributed by atoms with van der Waals surface area (Å²) in [5.41, 5.74) is 4.50. The fraction of sp³-hybridized carbons (Fsp3) is 0.0385. The van der Waals surface area contributed by atoms with E-state index in [4.69, 9.17) is 0 Å². The van der Waals surface area contributed by atoms with E-state index in [0.717, 1.165) is 27.7 Å². The van der Waals surface area contributed by atoms with E-state index >= 15 is 0 Å². The quantitative estimate of drug-likeness (QED) is 0.309. The molecule has 2 aliphatic heterocycles. The topological polar surface area (TPSA) is 51.8 Å². The number of nitrogens with zero attached hydrogens (tertiary/aromatic N) is 4. The van der Waals surface area contributed by atoms with Gasteiger partial charge in [0, 0.05) is 14.7 Å². The number of anilines is 3. The van der Waals surface area contributed by atoms with Gasteiger partial charge in [-0.2, -0.15) is 5.26 Å². The van der Waals surface area contributed by atoms with E-state index in [1.165, 1.54) is 21.2 Å². The van der Waals surface area contributed by atoms with Crippen molar-refractivity contribution >= 4 is 57.1 Å². The second-order valence-electron chi connectivity index (χ2n) is 7.38. The second-order valence-corrected chi connectivity index (χ2v) is 9.56. The molecule has 3 heterocycles. The zero-order valence-corrected chi connectivity index (χ0v) is 18.5. The van der Waals surface area contributed by atoms with E-state index in [1.807, 2.05) is 18.2 Å². The van der Waals surface area contributed by atoms with Crippen LogP contribution in [0, 0.1) is 11.3 Å². The molecule has 0 fully saturated rings. The van der Waals surface area contributed by atoms with E-state index in [1.54, 1.807) is 23.1 Å². The Labute approximate surface area is 194 Å². The molecule has 6 rings (SSSR count). The maximum Gasteiger partial charge on any atom is 0.171 e. The summed E-state index contributed by atoms with van der Waals surface area (Å²) in [6, 6.07) is 23.4. The zero-order valence-electron chi connectivity index (χ0n) is 16.9. The maximum absolute atomic E-state index is 9.78. The first-order valence-electron chi connectivity index (χ1n) is 10.2. The molecule has 0 saturated heterocycles. The molecular formula is C26H16N4S2. The molecule has 4 nitrogen and oxygen atoms in total. The second kappa shape index (κ2) is 7.79. The lowest BCUT2D eigenvalue weighted by Crippen LogP contribution is -2.13. The Morgan fingerprint density at radius 3 is 2.44 bits per heavy atom. The van der Waals surface area contributed by atoms with Gasteiger partial charge in [0.25, 0.3) is 0 Å². The molecule has 0 amide bonds. The van der Waals surface area contributed by atoms with Gasteiger partial charge in [0.2, 0.25) is 0 Å². The SMILES string of the molecule is N#C/C(=C\c1ccc(N2c3ccccc3Sc3ccccc32)s1)C1=NC2=CCC=CC2=N1. The van der Waals surface area contributed by atoms with Crippen molar-refractivity contribution in [2.45, 2.75) is 16.2 Å². The van der Waals surface area contributed by atoms with E-state index in [0.29, 0.717) is 11.4 Å². The van der Waals surface area contributed by atoms with Crippen LogP contribution < -0.4 is 4.90 Å². The minimum Gasteiger partial charge on any atom is -0.300 e. The molecule has 0 unspecified atom stereocenters. The first-order chi connectivity index (χ1) is 15.8. The first kappa shape index (κ1) is 19.1. The molecule has 0 N–H and O–H groups in total. The van der Waals surface area contributed by atoms with Gasteiger partial charge < -0.3 is 0 Å². The Hall–Kier alpha value is -3.66. The van der Waals surface area contributed by atoms with Crippen LogP contribution in [-0.4, -0.2) is 11.5 Å². The number of thiophene rings is 1. The Bertz CT molecular complexity index is 1400. The fourth-order valence-electron chi connectivity index (χ4n) is 3.89. The summed E-state index contributed by atoms with van der Waals surface area (Å²) in [6.07, 6.45) is 8.78. The summed E-state index contributed by atoms with van der Waals surface area (Å²) < 4.78 is 0. The number of rotatable bonds is 3. The first-order valence-corrected chi connectivity index (χ1v) is 11.9. The van der Waals surface area contributed by atoms with Crippen molar-refractivity contribution in [3.8, 4) is 6.07 Å². The number of benzene rings is 2. The number of aliphatic imine (C=N–C) groups is 2. The summed E-state index contributed by atoms with van der Waals surface area (Å²) in [7, 11) is 0. The van der Waals surface area contributed by atoms with Crippen LogP contribution in [0.4, 0.5) is 16.4 Å². The van der Waals surface area contributed by atoms with Crippen molar-refractivity contribution in [2.24, 2.45) is 9.98 Å². The van der Waals surface area contributed by atoms with Crippen LogP contribution in [0.1, 0.15) is 11.3 Å². The van der Waals surface area contributed by atoms with E-state index in [9.17, 15) is 5.26 Å². The predicted octanol–water partition coefficient (Wildman–Crippen LogP) is 7.29. The summed E-state index contributed by atoms with van der Waals surface area (Å²) >= 11 is 3.45. The van der Waals surface area contributed by atoms with Gasteiger partial charge in [0.05, 0.1) is 28.4 Å². The Morgan fingerprint density at radius 1 is 0.969 bits per heavy atom. The molecule has 152 valence electrons. The molecule has 6 heteroatoms. The molecule has 2 aromatic carbocycles. The highest BCUT2D eigenvalue weighted by Crippen LogP contribution is 2.52. The normalized spacial score (nSPS) is 16.4. The molecule has 0 spiro atoms. The van der Waals surface area contributed by atoms with Crippen molar-refractivity contribution in [3.05, 3.63) is 95.0 Å². The zero-order chi connectivity index (χ0) is 21.5. The van der Waals surface area contributed by atoms with Gasteiger partial charge in [-0.3, -0.25) is 4.90 Å². The van der Waals surface area contributed by atoms with Crippen LogP contribution in [0.15, 0.2) is 110 Å². The van der Waals surface area contributed by atoms with Crippen molar-refractivity contribution in [3.63, 3.8) is 0 Å². The minimum absolute atomic E-state index is 0.476. The summed E-state index contributed by atoms with van der Waals surface area (Å²) in [6.45, 7) is 0. The van der Waals surface area contributed by atoms with Crippen molar-refractivity contribution in [1.29, 1.82) is 5.26 Å². The third kappa shape index (κ3) is 3.23. The molecule has 1 aliphatic carbocycles. The van der Waals surface area contributed by atoms with Crippen LogP contribution in [0.25, 0.3) is 6.08 Å². The molecule has 0 bridgehead atoms. The van der Waals surface area contributed by atoms with Crippen LogP contribution in [0.2, 0.25) is 0 Å². The fourth-order valence-corrected chi connectivity index (χ4v) is 5.93.